The highest BCUT2D eigenvalue weighted by molar-refractivity contribution is 6.04. The summed E-state index contributed by atoms with van der Waals surface area (Å²) in [4.78, 5) is 22.2. The average molecular weight is 440 g/mol. The van der Waals surface area contributed by atoms with Gasteiger partial charge >= 0.3 is 0 Å². The van der Waals surface area contributed by atoms with Crippen LogP contribution < -0.4 is 4.90 Å². The number of pyridine rings is 1. The van der Waals surface area contributed by atoms with Crippen LogP contribution in [0.5, 0.6) is 0 Å². The molecule has 2 aromatic rings. The van der Waals surface area contributed by atoms with E-state index in [1.165, 1.54) is 38.5 Å². The zero-order chi connectivity index (χ0) is 22.4. The molecule has 3 heterocycles. The van der Waals surface area contributed by atoms with Crippen molar-refractivity contribution in [3.8, 4) is 0 Å². The molecule has 2 aromatic heterocycles. The number of hydrogen-bond acceptors (Lipinski definition) is 5. The van der Waals surface area contributed by atoms with Crippen LogP contribution in [0.4, 0.5) is 5.82 Å². The standard InChI is InChI=1S/C26H37N3O3/c1-21-7-8-24(27-20-21)29(25(31)23-6-5-19-32-23)22-9-15-28(16-10-22)17-13-26(14-18-30)11-3-2-4-12-26/h5-8,19-20,22,30H,2-4,9-18H2,1H3. The van der Waals surface area contributed by atoms with Crippen molar-refractivity contribution in [2.45, 2.75) is 70.8 Å². The van der Waals surface area contributed by atoms with Crippen LogP contribution in [0.15, 0.2) is 41.1 Å². The van der Waals surface area contributed by atoms with Crippen molar-refractivity contribution in [1.82, 2.24) is 9.88 Å². The number of aryl methyl sites for hydroxylation is 1. The molecular weight excluding hydrogens is 402 g/mol. The lowest BCUT2D eigenvalue weighted by Gasteiger charge is -2.41. The third-order valence-electron chi connectivity index (χ3n) is 7.53. The van der Waals surface area contributed by atoms with E-state index >= 15 is 0 Å². The molecule has 4 rings (SSSR count). The Morgan fingerprint density at radius 1 is 1.19 bits per heavy atom. The largest absolute Gasteiger partial charge is 0.459 e. The summed E-state index contributed by atoms with van der Waals surface area (Å²) in [5.41, 5.74) is 1.41. The Labute approximate surface area is 191 Å². The number of rotatable bonds is 8. The smallest absolute Gasteiger partial charge is 0.295 e. The van der Waals surface area contributed by atoms with Crippen molar-refractivity contribution >= 4 is 11.7 Å². The van der Waals surface area contributed by atoms with Crippen LogP contribution in [0.1, 0.15) is 73.9 Å². The average Bonchev–Trinajstić information content (AvgIpc) is 3.36. The van der Waals surface area contributed by atoms with Gasteiger partial charge < -0.3 is 14.4 Å². The normalized spacial score (nSPS) is 19.7. The first kappa shape index (κ1) is 23.0. The maximum absolute atomic E-state index is 13.3. The highest BCUT2D eigenvalue weighted by Crippen LogP contribution is 2.42. The van der Waals surface area contributed by atoms with Gasteiger partial charge in [0, 0.05) is 31.9 Å². The summed E-state index contributed by atoms with van der Waals surface area (Å²) in [7, 11) is 0. The molecule has 1 aliphatic carbocycles. The second-order valence-electron chi connectivity index (χ2n) is 9.70. The van der Waals surface area contributed by atoms with E-state index in [4.69, 9.17) is 4.42 Å². The Morgan fingerprint density at radius 2 is 1.97 bits per heavy atom. The van der Waals surface area contributed by atoms with Gasteiger partial charge in [0.15, 0.2) is 5.76 Å². The van der Waals surface area contributed by atoms with E-state index in [1.807, 2.05) is 30.2 Å². The van der Waals surface area contributed by atoms with Gasteiger partial charge in [0.05, 0.1) is 6.26 Å². The quantitative estimate of drug-likeness (QED) is 0.639. The van der Waals surface area contributed by atoms with Crippen LogP contribution in [0.2, 0.25) is 0 Å². The Morgan fingerprint density at radius 3 is 2.59 bits per heavy atom. The van der Waals surface area contributed by atoms with Crippen LogP contribution in [0.25, 0.3) is 0 Å². The molecule has 1 N–H and O–H groups in total. The van der Waals surface area contributed by atoms with Gasteiger partial charge in [0.2, 0.25) is 0 Å². The monoisotopic (exact) mass is 439 g/mol. The molecule has 0 atom stereocenters. The van der Waals surface area contributed by atoms with E-state index in [1.54, 1.807) is 18.4 Å². The molecule has 0 radical (unpaired) electrons. The highest BCUT2D eigenvalue weighted by atomic mass is 16.3. The van der Waals surface area contributed by atoms with Crippen molar-refractivity contribution in [2.24, 2.45) is 5.41 Å². The summed E-state index contributed by atoms with van der Waals surface area (Å²) in [6.45, 7) is 5.35. The number of nitrogens with zero attached hydrogens (tertiary/aromatic N) is 3. The molecule has 32 heavy (non-hydrogen) atoms. The van der Waals surface area contributed by atoms with E-state index in [-0.39, 0.29) is 11.9 Å². The number of carbonyl (C=O) groups is 1. The molecule has 1 saturated heterocycles. The lowest BCUT2D eigenvalue weighted by atomic mass is 9.69. The van der Waals surface area contributed by atoms with Gasteiger partial charge in [0.25, 0.3) is 5.91 Å². The Balaban J connectivity index is 1.40. The van der Waals surface area contributed by atoms with Gasteiger partial charge in [-0.1, -0.05) is 25.3 Å². The van der Waals surface area contributed by atoms with Crippen LogP contribution in [-0.4, -0.2) is 53.2 Å². The highest BCUT2D eigenvalue weighted by Gasteiger charge is 2.34. The van der Waals surface area contributed by atoms with Crippen molar-refractivity contribution in [3.05, 3.63) is 48.0 Å². The van der Waals surface area contributed by atoms with Crippen LogP contribution in [-0.2, 0) is 0 Å². The zero-order valence-corrected chi connectivity index (χ0v) is 19.3. The summed E-state index contributed by atoms with van der Waals surface area (Å²) in [5, 5.41) is 9.61. The maximum Gasteiger partial charge on any atom is 0.295 e. The Hall–Kier alpha value is -2.18. The minimum absolute atomic E-state index is 0.111. The number of aliphatic hydroxyl groups excluding tert-OH is 1. The molecule has 1 amide bonds. The van der Waals surface area contributed by atoms with Crippen molar-refractivity contribution < 1.29 is 14.3 Å². The number of aliphatic hydroxyl groups is 1. The molecule has 0 bridgehead atoms. The minimum Gasteiger partial charge on any atom is -0.459 e. The molecule has 1 saturated carbocycles. The Bertz CT molecular complexity index is 830. The van der Waals surface area contributed by atoms with E-state index in [2.05, 4.69) is 9.88 Å². The first-order chi connectivity index (χ1) is 15.6. The van der Waals surface area contributed by atoms with Gasteiger partial charge in [-0.25, -0.2) is 4.98 Å². The number of carbonyl (C=O) groups excluding carboxylic acids is 1. The zero-order valence-electron chi connectivity index (χ0n) is 19.3. The number of anilines is 1. The van der Waals surface area contributed by atoms with E-state index in [9.17, 15) is 9.90 Å². The molecule has 174 valence electrons. The fourth-order valence-electron chi connectivity index (χ4n) is 5.54. The summed E-state index contributed by atoms with van der Waals surface area (Å²) in [6, 6.07) is 7.53. The van der Waals surface area contributed by atoms with Gasteiger partial charge in [-0.15, -0.1) is 0 Å². The number of amides is 1. The molecule has 0 aromatic carbocycles. The predicted octanol–water partition coefficient (Wildman–Crippen LogP) is 4.82. The predicted molar refractivity (Wildman–Crippen MR) is 126 cm³/mol. The number of likely N-dealkylation sites (tertiary alicyclic amines) is 1. The lowest BCUT2D eigenvalue weighted by Crippen LogP contribution is -2.48. The number of piperidine rings is 1. The van der Waals surface area contributed by atoms with Crippen LogP contribution in [0, 0.1) is 12.3 Å². The third kappa shape index (κ3) is 5.41. The van der Waals surface area contributed by atoms with E-state index < -0.39 is 0 Å². The molecule has 1 aliphatic heterocycles. The summed E-state index contributed by atoms with van der Waals surface area (Å²) in [5.74, 6) is 0.937. The molecule has 0 unspecified atom stereocenters. The van der Waals surface area contributed by atoms with Crippen LogP contribution in [0.3, 0.4) is 0 Å². The van der Waals surface area contributed by atoms with Gasteiger partial charge in [0.1, 0.15) is 5.82 Å². The maximum atomic E-state index is 13.3. The number of furan rings is 1. The number of aromatic nitrogens is 1. The summed E-state index contributed by atoms with van der Waals surface area (Å²) >= 11 is 0. The molecule has 2 fully saturated rings. The molecule has 6 heteroatoms. The molecule has 0 spiro atoms. The van der Waals surface area contributed by atoms with E-state index in [0.29, 0.717) is 23.6 Å². The second-order valence-corrected chi connectivity index (χ2v) is 9.70. The first-order valence-electron chi connectivity index (χ1n) is 12.2. The third-order valence-corrected chi connectivity index (χ3v) is 7.53. The van der Waals surface area contributed by atoms with Crippen molar-refractivity contribution in [1.29, 1.82) is 0 Å². The van der Waals surface area contributed by atoms with Crippen molar-refractivity contribution in [2.75, 3.05) is 31.1 Å². The van der Waals surface area contributed by atoms with Crippen molar-refractivity contribution in [3.63, 3.8) is 0 Å². The SMILES string of the molecule is Cc1ccc(N(C(=O)c2ccco2)C2CCN(CCC3(CCO)CCCCC3)CC2)nc1. The van der Waals surface area contributed by atoms with Gasteiger partial charge in [-0.3, -0.25) is 9.69 Å². The molecule has 2 aliphatic rings. The Kier molecular flexibility index (Phi) is 7.63. The molecule has 6 nitrogen and oxygen atoms in total. The topological polar surface area (TPSA) is 69.8 Å². The van der Waals surface area contributed by atoms with Gasteiger partial charge in [-0.05, 0) is 81.2 Å². The summed E-state index contributed by atoms with van der Waals surface area (Å²) in [6.07, 6.45) is 13.8. The van der Waals surface area contributed by atoms with Gasteiger partial charge in [-0.2, -0.15) is 0 Å². The number of hydrogen-bond donors (Lipinski definition) is 1. The first-order valence-corrected chi connectivity index (χ1v) is 12.2. The minimum atomic E-state index is -0.117. The fourth-order valence-corrected chi connectivity index (χ4v) is 5.54. The summed E-state index contributed by atoms with van der Waals surface area (Å²) < 4.78 is 5.42. The van der Waals surface area contributed by atoms with E-state index in [0.717, 1.165) is 44.5 Å². The molecular formula is C26H37N3O3. The second kappa shape index (κ2) is 10.6. The fraction of sp³-hybridized carbons (Fsp3) is 0.615. The lowest BCUT2D eigenvalue weighted by molar-refractivity contribution is 0.0878. The van der Waals surface area contributed by atoms with Crippen LogP contribution >= 0.6 is 0 Å².